The van der Waals surface area contributed by atoms with Crippen LogP contribution in [-0.2, 0) is 9.36 Å². The molecule has 1 fully saturated rings. The van der Waals surface area contributed by atoms with Gasteiger partial charge < -0.3 is 24.9 Å². The van der Waals surface area contributed by atoms with E-state index in [1.54, 1.807) is 35.2 Å². The number of amides is 1. The highest BCUT2D eigenvalue weighted by molar-refractivity contribution is 7.60. The van der Waals surface area contributed by atoms with Gasteiger partial charge in [-0.05, 0) is 48.2 Å². The zero-order valence-electron chi connectivity index (χ0n) is 20.5. The van der Waals surface area contributed by atoms with Crippen molar-refractivity contribution in [3.05, 3.63) is 114 Å². The molecule has 7 nitrogen and oxygen atoms in total. The zero-order valence-corrected chi connectivity index (χ0v) is 21.4. The van der Waals surface area contributed by atoms with Crippen LogP contribution in [0.3, 0.4) is 0 Å². The summed E-state index contributed by atoms with van der Waals surface area (Å²) in [6.07, 6.45) is 0.154. The first-order valence-electron chi connectivity index (χ1n) is 12.4. The van der Waals surface area contributed by atoms with Crippen molar-refractivity contribution in [2.24, 2.45) is 5.92 Å². The minimum atomic E-state index is -4.57. The van der Waals surface area contributed by atoms with Crippen molar-refractivity contribution in [2.75, 3.05) is 4.90 Å². The molecule has 194 valence electrons. The fraction of sp³-hybridized carbons (Fsp3) is 0.167. The molecule has 1 saturated heterocycles. The molecule has 0 spiro atoms. The molecule has 0 aromatic heterocycles. The van der Waals surface area contributed by atoms with Crippen molar-refractivity contribution in [1.29, 1.82) is 0 Å². The number of aromatic hydroxyl groups is 1. The van der Waals surface area contributed by atoms with Crippen LogP contribution in [0.4, 0.5) is 5.69 Å². The number of aliphatic hydroxyl groups excluding tert-OH is 1. The summed E-state index contributed by atoms with van der Waals surface area (Å²) in [6.45, 7) is 0. The largest absolute Gasteiger partial charge is 0.507 e. The second-order valence-corrected chi connectivity index (χ2v) is 11.0. The summed E-state index contributed by atoms with van der Waals surface area (Å²) in [7, 11) is -4.57. The molecule has 4 aromatic rings. The number of hydrogen-bond acceptors (Lipinski definition) is 4. The molecule has 4 N–H and O–H groups in total. The minimum Gasteiger partial charge on any atom is -0.507 e. The second-order valence-electron chi connectivity index (χ2n) is 9.44. The highest BCUT2D eigenvalue weighted by atomic mass is 31.2. The highest BCUT2D eigenvalue weighted by Gasteiger charge is 2.48. The highest BCUT2D eigenvalue weighted by Crippen LogP contribution is 2.48. The molecule has 1 aliphatic heterocycles. The third-order valence-corrected chi connectivity index (χ3v) is 8.07. The zero-order chi connectivity index (χ0) is 26.9. The fourth-order valence-corrected chi connectivity index (χ4v) is 5.97. The van der Waals surface area contributed by atoms with Gasteiger partial charge in [0, 0.05) is 16.8 Å². The Kier molecular flexibility index (Phi) is 7.19. The van der Waals surface area contributed by atoms with Crippen LogP contribution in [0.25, 0.3) is 11.1 Å². The Morgan fingerprint density at radius 2 is 1.45 bits per heavy atom. The van der Waals surface area contributed by atoms with Gasteiger partial charge in [0.15, 0.2) is 0 Å². The molecular weight excluding hydrogens is 501 g/mol. The number of para-hydroxylation sites is 1. The average molecular weight is 530 g/mol. The van der Waals surface area contributed by atoms with Gasteiger partial charge >= 0.3 is 7.60 Å². The van der Waals surface area contributed by atoms with Crippen molar-refractivity contribution in [1.82, 2.24) is 0 Å². The van der Waals surface area contributed by atoms with Crippen LogP contribution in [0.1, 0.15) is 36.1 Å². The van der Waals surface area contributed by atoms with Gasteiger partial charge in [-0.25, -0.2) is 0 Å². The molecule has 0 bridgehead atoms. The SMILES string of the molecule is O=C1C(CCC(O)c2ccccc2)C(c2ccc(-c3ccccc3P(=O)(O)O)c(O)c2)N1c1ccccc1. The van der Waals surface area contributed by atoms with Crippen molar-refractivity contribution in [3.8, 4) is 16.9 Å². The number of carbonyl (C=O) groups excluding carboxylic acids is 1. The maximum Gasteiger partial charge on any atom is 0.356 e. The molecule has 4 aromatic carbocycles. The van der Waals surface area contributed by atoms with E-state index in [1.807, 2.05) is 60.7 Å². The summed E-state index contributed by atoms with van der Waals surface area (Å²) >= 11 is 0. The van der Waals surface area contributed by atoms with Crippen molar-refractivity contribution < 1.29 is 29.4 Å². The first kappa shape index (κ1) is 25.9. The van der Waals surface area contributed by atoms with E-state index in [9.17, 15) is 29.4 Å². The molecule has 8 heteroatoms. The first-order valence-corrected chi connectivity index (χ1v) is 14.0. The first-order chi connectivity index (χ1) is 18.3. The molecule has 0 radical (unpaired) electrons. The lowest BCUT2D eigenvalue weighted by atomic mass is 9.78. The van der Waals surface area contributed by atoms with E-state index in [0.29, 0.717) is 24.0 Å². The number of nitrogens with zero attached hydrogens (tertiary/aromatic N) is 1. The Morgan fingerprint density at radius 3 is 2.11 bits per heavy atom. The van der Waals surface area contributed by atoms with Crippen LogP contribution in [0.15, 0.2) is 103 Å². The Hall–Kier alpha value is -3.74. The molecule has 1 aliphatic rings. The summed E-state index contributed by atoms with van der Waals surface area (Å²) in [5.74, 6) is -0.600. The Bertz CT molecular complexity index is 1490. The van der Waals surface area contributed by atoms with Crippen LogP contribution in [-0.4, -0.2) is 25.9 Å². The summed E-state index contributed by atoms with van der Waals surface area (Å²) in [5, 5.41) is 21.5. The number of benzene rings is 4. The summed E-state index contributed by atoms with van der Waals surface area (Å²) in [4.78, 5) is 34.6. The quantitative estimate of drug-likeness (QED) is 0.187. The third kappa shape index (κ3) is 5.02. The molecule has 0 aliphatic carbocycles. The van der Waals surface area contributed by atoms with Gasteiger partial charge in [0.25, 0.3) is 0 Å². The summed E-state index contributed by atoms with van der Waals surface area (Å²) in [5.41, 5.74) is 2.76. The van der Waals surface area contributed by atoms with Gasteiger partial charge in [-0.15, -0.1) is 0 Å². The van der Waals surface area contributed by atoms with Gasteiger partial charge in [-0.3, -0.25) is 9.36 Å². The smallest absolute Gasteiger partial charge is 0.356 e. The Labute approximate surface area is 220 Å². The van der Waals surface area contributed by atoms with E-state index >= 15 is 0 Å². The average Bonchev–Trinajstić information content (AvgIpc) is 2.92. The number of anilines is 1. The lowest BCUT2D eigenvalue weighted by Gasteiger charge is -2.48. The van der Waals surface area contributed by atoms with E-state index in [4.69, 9.17) is 0 Å². The normalized spacial score (nSPS) is 18.2. The van der Waals surface area contributed by atoms with Gasteiger partial charge in [0.1, 0.15) is 5.75 Å². The van der Waals surface area contributed by atoms with Crippen molar-refractivity contribution >= 4 is 24.5 Å². The van der Waals surface area contributed by atoms with Crippen LogP contribution in [0, 0.1) is 5.92 Å². The molecule has 5 rings (SSSR count). The number of β-lactam (4-membered cyclic amide) rings is 1. The number of aliphatic hydroxyl groups is 1. The van der Waals surface area contributed by atoms with Gasteiger partial charge in [0.05, 0.1) is 23.4 Å². The molecule has 1 heterocycles. The Morgan fingerprint density at radius 1 is 0.816 bits per heavy atom. The topological polar surface area (TPSA) is 118 Å². The molecular formula is C30H28NO6P. The maximum atomic E-state index is 13.3. The van der Waals surface area contributed by atoms with Gasteiger partial charge in [-0.1, -0.05) is 78.9 Å². The number of carbonyl (C=O) groups is 1. The molecule has 1 amide bonds. The van der Waals surface area contributed by atoms with E-state index in [2.05, 4.69) is 0 Å². The van der Waals surface area contributed by atoms with Gasteiger partial charge in [0.2, 0.25) is 5.91 Å². The minimum absolute atomic E-state index is 0.0585. The monoisotopic (exact) mass is 529 g/mol. The van der Waals surface area contributed by atoms with E-state index in [1.165, 1.54) is 12.1 Å². The van der Waals surface area contributed by atoms with Crippen molar-refractivity contribution in [2.45, 2.75) is 25.0 Å². The number of hydrogen-bond donors (Lipinski definition) is 4. The second kappa shape index (κ2) is 10.6. The molecule has 0 saturated carbocycles. The van der Waals surface area contributed by atoms with Crippen LogP contribution < -0.4 is 10.2 Å². The van der Waals surface area contributed by atoms with Crippen LogP contribution >= 0.6 is 7.60 Å². The molecule has 3 atom stereocenters. The Balaban J connectivity index is 1.47. The van der Waals surface area contributed by atoms with Crippen molar-refractivity contribution in [3.63, 3.8) is 0 Å². The van der Waals surface area contributed by atoms with Gasteiger partial charge in [-0.2, -0.15) is 0 Å². The molecule has 38 heavy (non-hydrogen) atoms. The lowest BCUT2D eigenvalue weighted by molar-refractivity contribution is -0.131. The van der Waals surface area contributed by atoms with E-state index in [-0.39, 0.29) is 28.6 Å². The van der Waals surface area contributed by atoms with Crippen LogP contribution in [0.2, 0.25) is 0 Å². The molecule has 3 unspecified atom stereocenters. The standard InChI is InChI=1S/C30H28NO6P/c32-26(20-9-3-1-4-10-20)18-17-25-29(31(30(25)34)22-11-5-2-6-12-22)21-15-16-23(27(33)19-21)24-13-7-8-14-28(24)38(35,36)37/h1-16,19,25-26,29,32-33H,17-18H2,(H2,35,36,37). The number of rotatable bonds is 8. The number of phenols is 1. The van der Waals surface area contributed by atoms with Crippen LogP contribution in [0.5, 0.6) is 5.75 Å². The number of phenolic OH excluding ortho intramolecular Hbond substituents is 1. The lowest BCUT2D eigenvalue weighted by Crippen LogP contribution is -2.55. The predicted octanol–water partition coefficient (Wildman–Crippen LogP) is 5.08. The maximum absolute atomic E-state index is 13.3. The fourth-order valence-electron chi connectivity index (χ4n) is 5.18. The van der Waals surface area contributed by atoms with E-state index < -0.39 is 19.6 Å². The van der Waals surface area contributed by atoms with E-state index in [0.717, 1.165) is 11.3 Å². The third-order valence-electron chi connectivity index (χ3n) is 7.06. The predicted molar refractivity (Wildman–Crippen MR) is 146 cm³/mol. The summed E-state index contributed by atoms with van der Waals surface area (Å²) < 4.78 is 12.0. The summed E-state index contributed by atoms with van der Waals surface area (Å²) in [6, 6.07) is 29.3.